The SMILES string of the molecule is CCC(C)[C@H](N)C(=O)N1CCCN1C(=O)NCc1ccccc1. The second-order valence-corrected chi connectivity index (χ2v) is 5.99. The minimum atomic E-state index is -0.567. The molecule has 0 radical (unpaired) electrons. The van der Waals surface area contributed by atoms with Gasteiger partial charge in [-0.2, -0.15) is 0 Å². The van der Waals surface area contributed by atoms with Gasteiger partial charge in [-0.15, -0.1) is 0 Å². The fraction of sp³-hybridized carbons (Fsp3) is 0.529. The first kappa shape index (κ1) is 17.3. The standard InChI is InChI=1S/C17H26N4O2/c1-3-13(2)15(18)16(22)20-10-7-11-21(20)17(23)19-12-14-8-5-4-6-9-14/h4-6,8-9,13,15H,3,7,10-12,18H2,1-2H3,(H,19,23)/t13?,15-/m0/s1. The van der Waals surface area contributed by atoms with Gasteiger partial charge < -0.3 is 11.1 Å². The van der Waals surface area contributed by atoms with Crippen LogP contribution in [-0.4, -0.2) is 41.1 Å². The van der Waals surface area contributed by atoms with Crippen molar-refractivity contribution >= 4 is 11.9 Å². The predicted molar refractivity (Wildman–Crippen MR) is 89.1 cm³/mol. The summed E-state index contributed by atoms with van der Waals surface area (Å²) in [6, 6.07) is 8.87. The molecule has 1 heterocycles. The molecule has 0 saturated carbocycles. The molecule has 1 aromatic carbocycles. The van der Waals surface area contributed by atoms with Crippen LogP contribution in [0.5, 0.6) is 0 Å². The van der Waals surface area contributed by atoms with Crippen molar-refractivity contribution in [2.24, 2.45) is 11.7 Å². The lowest BCUT2D eigenvalue weighted by Gasteiger charge is -2.31. The van der Waals surface area contributed by atoms with Gasteiger partial charge in [0.1, 0.15) is 0 Å². The van der Waals surface area contributed by atoms with Crippen molar-refractivity contribution in [2.45, 2.75) is 39.3 Å². The fourth-order valence-electron chi connectivity index (χ4n) is 2.59. The quantitative estimate of drug-likeness (QED) is 0.867. The second-order valence-electron chi connectivity index (χ2n) is 5.99. The van der Waals surface area contributed by atoms with Gasteiger partial charge in [0.15, 0.2) is 0 Å². The van der Waals surface area contributed by atoms with E-state index >= 15 is 0 Å². The highest BCUT2D eigenvalue weighted by Gasteiger charge is 2.34. The number of urea groups is 1. The Kier molecular flexibility index (Phi) is 5.98. The second kappa shape index (κ2) is 7.97. The Labute approximate surface area is 137 Å². The largest absolute Gasteiger partial charge is 0.336 e. The number of nitrogens with one attached hydrogen (secondary N) is 1. The Bertz CT molecular complexity index is 535. The topological polar surface area (TPSA) is 78.7 Å². The Morgan fingerprint density at radius 3 is 2.52 bits per heavy atom. The summed E-state index contributed by atoms with van der Waals surface area (Å²) in [4.78, 5) is 24.9. The average molecular weight is 318 g/mol. The summed E-state index contributed by atoms with van der Waals surface area (Å²) in [6.45, 7) is 5.49. The van der Waals surface area contributed by atoms with Crippen molar-refractivity contribution < 1.29 is 9.59 Å². The average Bonchev–Trinajstić information content (AvgIpc) is 3.08. The van der Waals surface area contributed by atoms with Crippen LogP contribution in [0.15, 0.2) is 30.3 Å². The van der Waals surface area contributed by atoms with E-state index in [0.29, 0.717) is 19.6 Å². The molecular formula is C17H26N4O2. The third kappa shape index (κ3) is 4.22. The highest BCUT2D eigenvalue weighted by atomic mass is 16.2. The highest BCUT2D eigenvalue weighted by molar-refractivity contribution is 5.85. The minimum Gasteiger partial charge on any atom is -0.332 e. The van der Waals surface area contributed by atoms with Crippen molar-refractivity contribution in [2.75, 3.05) is 13.1 Å². The number of nitrogens with two attached hydrogens (primary N) is 1. The van der Waals surface area contributed by atoms with Crippen molar-refractivity contribution in [3.8, 4) is 0 Å². The van der Waals surface area contributed by atoms with Gasteiger partial charge in [0.05, 0.1) is 6.04 Å². The molecule has 2 atom stereocenters. The van der Waals surface area contributed by atoms with Crippen molar-refractivity contribution in [1.82, 2.24) is 15.3 Å². The minimum absolute atomic E-state index is 0.0947. The molecule has 1 aliphatic heterocycles. The van der Waals surface area contributed by atoms with Gasteiger partial charge in [0.25, 0.3) is 5.91 Å². The summed E-state index contributed by atoms with van der Waals surface area (Å²) < 4.78 is 0. The summed E-state index contributed by atoms with van der Waals surface area (Å²) in [6.07, 6.45) is 1.61. The summed E-state index contributed by atoms with van der Waals surface area (Å²) in [7, 11) is 0. The van der Waals surface area contributed by atoms with Crippen LogP contribution in [0, 0.1) is 5.92 Å². The van der Waals surface area contributed by atoms with Crippen molar-refractivity contribution in [3.63, 3.8) is 0 Å². The maximum Gasteiger partial charge on any atom is 0.336 e. The third-order valence-corrected chi connectivity index (χ3v) is 4.35. The van der Waals surface area contributed by atoms with E-state index in [0.717, 1.165) is 18.4 Å². The van der Waals surface area contributed by atoms with E-state index in [1.165, 1.54) is 10.0 Å². The Morgan fingerprint density at radius 2 is 1.87 bits per heavy atom. The number of rotatable bonds is 5. The molecule has 1 unspecified atom stereocenters. The van der Waals surface area contributed by atoms with Crippen LogP contribution in [0.4, 0.5) is 4.79 Å². The molecule has 0 bridgehead atoms. The third-order valence-electron chi connectivity index (χ3n) is 4.35. The van der Waals surface area contributed by atoms with E-state index in [1.807, 2.05) is 44.2 Å². The van der Waals surface area contributed by atoms with Crippen LogP contribution >= 0.6 is 0 Å². The number of hydrazine groups is 1. The van der Waals surface area contributed by atoms with Crippen molar-refractivity contribution in [3.05, 3.63) is 35.9 Å². The Morgan fingerprint density at radius 1 is 1.22 bits per heavy atom. The zero-order valence-electron chi connectivity index (χ0n) is 13.9. The number of hydrogen-bond donors (Lipinski definition) is 2. The van der Waals surface area contributed by atoms with Crippen LogP contribution < -0.4 is 11.1 Å². The zero-order chi connectivity index (χ0) is 16.8. The molecule has 3 N–H and O–H groups in total. The summed E-state index contributed by atoms with van der Waals surface area (Å²) >= 11 is 0. The van der Waals surface area contributed by atoms with E-state index in [-0.39, 0.29) is 17.9 Å². The number of carbonyl (C=O) groups excluding carboxylic acids is 2. The lowest BCUT2D eigenvalue weighted by atomic mass is 9.99. The maximum absolute atomic E-state index is 12.5. The molecule has 0 aromatic heterocycles. The first-order chi connectivity index (χ1) is 11.0. The van der Waals surface area contributed by atoms with E-state index in [9.17, 15) is 9.59 Å². The van der Waals surface area contributed by atoms with Crippen LogP contribution in [0.3, 0.4) is 0 Å². The number of amides is 3. The molecule has 1 saturated heterocycles. The molecule has 1 aliphatic rings. The van der Waals surface area contributed by atoms with Gasteiger partial charge in [0.2, 0.25) is 0 Å². The maximum atomic E-state index is 12.5. The summed E-state index contributed by atoms with van der Waals surface area (Å²) in [5.74, 6) is -0.0796. The Balaban J connectivity index is 1.95. The molecular weight excluding hydrogens is 292 g/mol. The van der Waals surface area contributed by atoms with E-state index < -0.39 is 6.04 Å². The van der Waals surface area contributed by atoms with E-state index in [4.69, 9.17) is 5.73 Å². The van der Waals surface area contributed by atoms with Gasteiger partial charge in [0, 0.05) is 19.6 Å². The fourth-order valence-corrected chi connectivity index (χ4v) is 2.59. The number of nitrogens with zero attached hydrogens (tertiary/aromatic N) is 2. The van der Waals surface area contributed by atoms with Crippen LogP contribution in [-0.2, 0) is 11.3 Å². The smallest absolute Gasteiger partial charge is 0.332 e. The molecule has 1 fully saturated rings. The molecule has 0 spiro atoms. The molecule has 126 valence electrons. The molecule has 6 heteroatoms. The molecule has 1 aromatic rings. The molecule has 0 aliphatic carbocycles. The first-order valence-electron chi connectivity index (χ1n) is 8.20. The van der Waals surface area contributed by atoms with Gasteiger partial charge in [-0.3, -0.25) is 4.79 Å². The van der Waals surface area contributed by atoms with E-state index in [2.05, 4.69) is 5.32 Å². The Hall–Kier alpha value is -2.08. The van der Waals surface area contributed by atoms with Gasteiger partial charge in [-0.1, -0.05) is 50.6 Å². The summed E-state index contributed by atoms with van der Waals surface area (Å²) in [5.41, 5.74) is 7.05. The molecule has 2 rings (SSSR count). The van der Waals surface area contributed by atoms with Gasteiger partial charge >= 0.3 is 6.03 Å². The zero-order valence-corrected chi connectivity index (χ0v) is 13.9. The predicted octanol–water partition coefficient (Wildman–Crippen LogP) is 1.72. The lowest BCUT2D eigenvalue weighted by Crippen LogP contribution is -2.55. The van der Waals surface area contributed by atoms with E-state index in [1.54, 1.807) is 0 Å². The van der Waals surface area contributed by atoms with Crippen LogP contribution in [0.1, 0.15) is 32.3 Å². The number of carbonyl (C=O) groups is 2. The first-order valence-corrected chi connectivity index (χ1v) is 8.20. The number of benzene rings is 1. The van der Waals surface area contributed by atoms with Crippen molar-refractivity contribution in [1.29, 1.82) is 0 Å². The highest BCUT2D eigenvalue weighted by Crippen LogP contribution is 2.16. The normalized spacial score (nSPS) is 17.0. The lowest BCUT2D eigenvalue weighted by molar-refractivity contribution is -0.142. The van der Waals surface area contributed by atoms with Crippen LogP contribution in [0.2, 0.25) is 0 Å². The number of hydrogen-bond acceptors (Lipinski definition) is 3. The molecule has 23 heavy (non-hydrogen) atoms. The van der Waals surface area contributed by atoms with Gasteiger partial charge in [-0.05, 0) is 17.9 Å². The summed E-state index contributed by atoms with van der Waals surface area (Å²) in [5, 5.41) is 5.84. The van der Waals surface area contributed by atoms with Crippen LogP contribution in [0.25, 0.3) is 0 Å². The molecule has 3 amide bonds. The van der Waals surface area contributed by atoms with Gasteiger partial charge in [-0.25, -0.2) is 14.8 Å². The molecule has 6 nitrogen and oxygen atoms in total. The monoisotopic (exact) mass is 318 g/mol.